The van der Waals surface area contributed by atoms with Crippen molar-refractivity contribution in [3.8, 4) is 0 Å². The second-order valence-electron chi connectivity index (χ2n) is 9.46. The molecule has 180 valence electrons. The van der Waals surface area contributed by atoms with E-state index in [-0.39, 0.29) is 11.8 Å². The van der Waals surface area contributed by atoms with Gasteiger partial charge in [-0.05, 0) is 51.2 Å². The van der Waals surface area contributed by atoms with Gasteiger partial charge in [0, 0.05) is 35.5 Å². The van der Waals surface area contributed by atoms with Gasteiger partial charge >= 0.3 is 6.03 Å². The molecule has 0 spiro atoms. The van der Waals surface area contributed by atoms with Crippen molar-refractivity contribution in [3.63, 3.8) is 0 Å². The fraction of sp³-hybridized carbons (Fsp3) is 0.826. The second-order valence-corrected chi connectivity index (χ2v) is 12.0. The van der Waals surface area contributed by atoms with E-state index < -0.39 is 0 Å². The van der Waals surface area contributed by atoms with Crippen molar-refractivity contribution in [3.05, 3.63) is 0 Å². The number of aliphatic imine (C=N–C) groups is 1. The Kier molecular flexibility index (Phi) is 9.77. The van der Waals surface area contributed by atoms with E-state index in [9.17, 15) is 14.4 Å². The lowest BCUT2D eigenvalue weighted by Gasteiger charge is -2.16. The molecule has 7 nitrogen and oxygen atoms in total. The van der Waals surface area contributed by atoms with Gasteiger partial charge in [-0.25, -0.2) is 4.79 Å². The minimum atomic E-state index is -0.0240. The Morgan fingerprint density at radius 1 is 0.969 bits per heavy atom. The van der Waals surface area contributed by atoms with E-state index in [1.807, 2.05) is 23.5 Å². The number of ketones is 2. The van der Waals surface area contributed by atoms with Crippen molar-refractivity contribution >= 4 is 47.0 Å². The average Bonchev–Trinajstić information content (AvgIpc) is 3.45. The van der Waals surface area contributed by atoms with Gasteiger partial charge < -0.3 is 26.0 Å². The van der Waals surface area contributed by atoms with Crippen LogP contribution in [0.2, 0.25) is 0 Å². The number of rotatable bonds is 10. The summed E-state index contributed by atoms with van der Waals surface area (Å²) in [6.07, 6.45) is 8.95. The molecule has 3 fully saturated rings. The van der Waals surface area contributed by atoms with Crippen LogP contribution in [-0.2, 0) is 9.59 Å². The van der Waals surface area contributed by atoms with E-state index in [0.717, 1.165) is 56.5 Å². The maximum atomic E-state index is 11.1. The number of Topliss-reactive ketones (excluding diaryl/α,β-unsaturated/α-hetero) is 2. The van der Waals surface area contributed by atoms with Gasteiger partial charge in [-0.3, -0.25) is 4.99 Å². The number of hydrogen-bond acceptors (Lipinski definition) is 7. The fourth-order valence-electron chi connectivity index (χ4n) is 4.96. The van der Waals surface area contributed by atoms with Crippen molar-refractivity contribution in [2.75, 3.05) is 11.5 Å². The van der Waals surface area contributed by atoms with Crippen LogP contribution in [0.25, 0.3) is 0 Å². The van der Waals surface area contributed by atoms with Gasteiger partial charge in [0.1, 0.15) is 11.6 Å². The molecular weight excluding hydrogens is 444 g/mol. The number of carbonyl (C=O) groups excluding carboxylic acids is 3. The van der Waals surface area contributed by atoms with Gasteiger partial charge in [0.05, 0.1) is 24.0 Å². The summed E-state index contributed by atoms with van der Waals surface area (Å²) in [5.74, 6) is 4.35. The zero-order valence-electron chi connectivity index (χ0n) is 19.3. The molecule has 6 unspecified atom stereocenters. The summed E-state index contributed by atoms with van der Waals surface area (Å²) in [6.45, 7) is 3.31. The Hall–Kier alpha value is -1.22. The standard InChI is InChI=1S/C12H20N2OS.C11H18N2O2S/c1-8(15)4-2-3-5-10-12-9(7-16-10)6-11(13)14-12;1-7(14)4-2-3-5-9-10-8(6-16-9)12-11(15)13-10/h9-10,12H,2-7H2,1H3,(H2,13,14);8-10H,2-6H2,1H3,(H2,12,13,15). The second kappa shape index (κ2) is 12.3. The normalized spacial score (nSPS) is 32.3. The molecule has 4 N–H and O–H groups in total. The van der Waals surface area contributed by atoms with E-state index in [1.165, 1.54) is 12.2 Å². The lowest BCUT2D eigenvalue weighted by molar-refractivity contribution is -0.117. The number of nitrogens with two attached hydrogens (primary N) is 1. The largest absolute Gasteiger partial charge is 0.387 e. The Balaban J connectivity index is 0.000000181. The summed E-state index contributed by atoms with van der Waals surface area (Å²) in [4.78, 5) is 37.3. The summed E-state index contributed by atoms with van der Waals surface area (Å²) in [7, 11) is 0. The Bertz CT molecular complexity index is 717. The maximum absolute atomic E-state index is 11.1. The minimum Gasteiger partial charge on any atom is -0.387 e. The molecule has 0 bridgehead atoms. The highest BCUT2D eigenvalue weighted by atomic mass is 32.2. The first-order valence-corrected chi connectivity index (χ1v) is 14.0. The summed E-state index contributed by atoms with van der Waals surface area (Å²) < 4.78 is 0. The molecule has 9 heteroatoms. The minimum absolute atomic E-state index is 0.0240. The quantitative estimate of drug-likeness (QED) is 0.325. The summed E-state index contributed by atoms with van der Waals surface area (Å²) in [5, 5.41) is 7.08. The summed E-state index contributed by atoms with van der Waals surface area (Å²) >= 11 is 3.98. The highest BCUT2D eigenvalue weighted by molar-refractivity contribution is 8.00. The van der Waals surface area contributed by atoms with Gasteiger partial charge in [0.25, 0.3) is 0 Å². The maximum Gasteiger partial charge on any atom is 0.315 e. The number of nitrogens with one attached hydrogen (secondary N) is 2. The van der Waals surface area contributed by atoms with E-state index in [1.54, 1.807) is 13.8 Å². The molecule has 0 aromatic rings. The van der Waals surface area contributed by atoms with Crippen molar-refractivity contribution in [2.45, 2.75) is 100 Å². The van der Waals surface area contributed by atoms with Gasteiger partial charge in [0.15, 0.2) is 0 Å². The first-order valence-electron chi connectivity index (χ1n) is 11.9. The van der Waals surface area contributed by atoms with E-state index >= 15 is 0 Å². The van der Waals surface area contributed by atoms with E-state index in [4.69, 9.17) is 5.73 Å². The third-order valence-corrected chi connectivity index (χ3v) is 9.72. The number of nitrogens with zero attached hydrogens (tertiary/aromatic N) is 1. The summed E-state index contributed by atoms with van der Waals surface area (Å²) in [5.41, 5.74) is 5.78. The molecule has 4 rings (SSSR count). The Morgan fingerprint density at radius 3 is 2.25 bits per heavy atom. The number of carbonyl (C=O) groups is 3. The monoisotopic (exact) mass is 482 g/mol. The molecule has 4 aliphatic rings. The van der Waals surface area contributed by atoms with Crippen molar-refractivity contribution in [1.29, 1.82) is 0 Å². The van der Waals surface area contributed by atoms with Crippen LogP contribution >= 0.6 is 23.5 Å². The van der Waals surface area contributed by atoms with Gasteiger partial charge in [-0.2, -0.15) is 23.5 Å². The molecule has 0 aromatic carbocycles. The molecule has 0 radical (unpaired) electrons. The van der Waals surface area contributed by atoms with Crippen LogP contribution in [0.3, 0.4) is 0 Å². The number of hydrogen-bond donors (Lipinski definition) is 3. The lowest BCUT2D eigenvalue weighted by Crippen LogP contribution is -2.36. The fourth-order valence-corrected chi connectivity index (χ4v) is 8.13. The molecule has 0 aromatic heterocycles. The van der Waals surface area contributed by atoms with Crippen molar-refractivity contribution in [1.82, 2.24) is 10.6 Å². The highest BCUT2D eigenvalue weighted by Crippen LogP contribution is 2.41. The van der Waals surface area contributed by atoms with Crippen LogP contribution in [0.1, 0.15) is 71.6 Å². The molecule has 4 aliphatic heterocycles. The third kappa shape index (κ3) is 7.40. The number of thioether (sulfide) groups is 2. The average molecular weight is 483 g/mol. The van der Waals surface area contributed by atoms with E-state index in [0.29, 0.717) is 46.7 Å². The van der Waals surface area contributed by atoms with E-state index in [2.05, 4.69) is 15.6 Å². The zero-order chi connectivity index (χ0) is 23.1. The third-order valence-electron chi connectivity index (χ3n) is 6.65. The molecule has 2 amide bonds. The molecular formula is C23H38N4O3S2. The number of amides is 2. The molecule has 0 aliphatic carbocycles. The first-order chi connectivity index (χ1) is 15.3. The first kappa shape index (κ1) is 25.4. The highest BCUT2D eigenvalue weighted by Gasteiger charge is 2.42. The van der Waals surface area contributed by atoms with Crippen LogP contribution < -0.4 is 16.4 Å². The van der Waals surface area contributed by atoms with Crippen LogP contribution in [0.15, 0.2) is 4.99 Å². The van der Waals surface area contributed by atoms with Gasteiger partial charge in [-0.15, -0.1) is 0 Å². The van der Waals surface area contributed by atoms with Crippen LogP contribution in [0.5, 0.6) is 0 Å². The van der Waals surface area contributed by atoms with Crippen molar-refractivity contribution in [2.24, 2.45) is 16.6 Å². The number of urea groups is 1. The topological polar surface area (TPSA) is 114 Å². The molecule has 3 saturated heterocycles. The number of fused-ring (bicyclic) bond motifs is 2. The number of unbranched alkanes of at least 4 members (excludes halogenated alkanes) is 2. The smallest absolute Gasteiger partial charge is 0.315 e. The van der Waals surface area contributed by atoms with Gasteiger partial charge in [-0.1, -0.05) is 12.8 Å². The molecule has 0 saturated carbocycles. The van der Waals surface area contributed by atoms with Crippen LogP contribution in [-0.4, -0.2) is 63.6 Å². The predicted octanol–water partition coefficient (Wildman–Crippen LogP) is 3.30. The molecule has 4 heterocycles. The Labute approximate surface area is 200 Å². The SMILES string of the molecule is CC(=O)CCCCC1SCC2CC(N)=NC21.CC(=O)CCCCC1SCC2NC(=O)NC21. The Morgan fingerprint density at radius 2 is 1.59 bits per heavy atom. The van der Waals surface area contributed by atoms with Gasteiger partial charge in [0.2, 0.25) is 0 Å². The van der Waals surface area contributed by atoms with Crippen LogP contribution in [0, 0.1) is 5.92 Å². The number of amidine groups is 1. The van der Waals surface area contributed by atoms with Crippen molar-refractivity contribution < 1.29 is 14.4 Å². The lowest BCUT2D eigenvalue weighted by atomic mass is 9.96. The molecule has 6 atom stereocenters. The molecule has 32 heavy (non-hydrogen) atoms. The predicted molar refractivity (Wildman–Crippen MR) is 134 cm³/mol. The van der Waals surface area contributed by atoms with Crippen LogP contribution in [0.4, 0.5) is 4.79 Å². The summed E-state index contributed by atoms with van der Waals surface area (Å²) in [6, 6.07) is 1.07. The zero-order valence-corrected chi connectivity index (χ0v) is 20.9.